The molecule has 0 aliphatic rings. The van der Waals surface area contributed by atoms with Gasteiger partial charge in [0.1, 0.15) is 11.5 Å². The Morgan fingerprint density at radius 3 is 2.14 bits per heavy atom. The molecular weight excluding hydrogens is 467 g/mol. The third-order valence-electron chi connectivity index (χ3n) is 4.22. The largest absolute Gasteiger partial charge is 0.497 e. The van der Waals surface area contributed by atoms with Crippen LogP contribution in [0.25, 0.3) is 0 Å². The zero-order valence-electron chi connectivity index (χ0n) is 17.3. The van der Waals surface area contributed by atoms with E-state index in [1.54, 1.807) is 21.3 Å². The Labute approximate surface area is 185 Å². The molecule has 0 aliphatic heterocycles. The van der Waals surface area contributed by atoms with Crippen LogP contribution < -0.4 is 20.1 Å². The van der Waals surface area contributed by atoms with Crippen LogP contribution in [0.2, 0.25) is 0 Å². The molecule has 2 N–H and O–H groups in total. The van der Waals surface area contributed by atoms with Gasteiger partial charge in [-0.25, -0.2) is 0 Å². The Balaban J connectivity index is 0.00000392. The standard InChI is InChI=1S/C21H30N4O2.HI/c1-22-21(23-13-16-8-6-7-9-18(16)15-25(2)3)24-14-17-10-11-19(26-4)12-20(17)27-5;/h6-12H,13-15H2,1-5H3,(H2,22,23,24);1H. The fraction of sp³-hybridized carbons (Fsp3) is 0.381. The quantitative estimate of drug-likeness (QED) is 0.333. The van der Waals surface area contributed by atoms with Crippen LogP contribution in [-0.4, -0.2) is 46.2 Å². The summed E-state index contributed by atoms with van der Waals surface area (Å²) in [5.41, 5.74) is 3.60. The van der Waals surface area contributed by atoms with Crippen LogP contribution in [0.4, 0.5) is 0 Å². The van der Waals surface area contributed by atoms with Crippen LogP contribution in [0.1, 0.15) is 16.7 Å². The van der Waals surface area contributed by atoms with E-state index in [0.29, 0.717) is 13.1 Å². The first-order valence-corrected chi connectivity index (χ1v) is 8.94. The van der Waals surface area contributed by atoms with E-state index in [-0.39, 0.29) is 24.0 Å². The van der Waals surface area contributed by atoms with Crippen LogP contribution >= 0.6 is 24.0 Å². The minimum Gasteiger partial charge on any atom is -0.497 e. The van der Waals surface area contributed by atoms with Gasteiger partial charge in [0.05, 0.1) is 14.2 Å². The van der Waals surface area contributed by atoms with Gasteiger partial charge < -0.3 is 25.0 Å². The predicted molar refractivity (Wildman–Crippen MR) is 126 cm³/mol. The lowest BCUT2D eigenvalue weighted by molar-refractivity contribution is 0.390. The van der Waals surface area contributed by atoms with E-state index in [2.05, 4.69) is 58.9 Å². The van der Waals surface area contributed by atoms with Gasteiger partial charge in [-0.3, -0.25) is 4.99 Å². The summed E-state index contributed by atoms with van der Waals surface area (Å²) in [6, 6.07) is 14.2. The molecule has 6 nitrogen and oxygen atoms in total. The summed E-state index contributed by atoms with van der Waals surface area (Å²) in [6.45, 7) is 2.22. The van der Waals surface area contributed by atoms with Gasteiger partial charge in [0.25, 0.3) is 0 Å². The molecular formula is C21H31IN4O2. The van der Waals surface area contributed by atoms with E-state index in [9.17, 15) is 0 Å². The molecule has 154 valence electrons. The second kappa shape index (κ2) is 12.5. The Kier molecular flexibility index (Phi) is 10.7. The van der Waals surface area contributed by atoms with Gasteiger partial charge in [-0.1, -0.05) is 24.3 Å². The summed E-state index contributed by atoms with van der Waals surface area (Å²) >= 11 is 0. The lowest BCUT2D eigenvalue weighted by atomic mass is 10.1. The highest BCUT2D eigenvalue weighted by Gasteiger charge is 2.07. The van der Waals surface area contributed by atoms with E-state index in [1.165, 1.54) is 11.1 Å². The van der Waals surface area contributed by atoms with Crippen LogP contribution in [0.3, 0.4) is 0 Å². The van der Waals surface area contributed by atoms with Crippen LogP contribution in [0.15, 0.2) is 47.5 Å². The normalized spacial score (nSPS) is 11.0. The summed E-state index contributed by atoms with van der Waals surface area (Å²) in [5, 5.41) is 6.72. The number of rotatable bonds is 8. The first-order chi connectivity index (χ1) is 13.1. The van der Waals surface area contributed by atoms with E-state index in [0.717, 1.165) is 29.6 Å². The molecule has 0 amide bonds. The van der Waals surface area contributed by atoms with Crippen molar-refractivity contribution in [2.75, 3.05) is 35.4 Å². The van der Waals surface area contributed by atoms with Crippen molar-refractivity contribution in [1.82, 2.24) is 15.5 Å². The maximum Gasteiger partial charge on any atom is 0.191 e. The van der Waals surface area contributed by atoms with Crippen molar-refractivity contribution in [3.8, 4) is 11.5 Å². The number of guanidine groups is 1. The summed E-state index contributed by atoms with van der Waals surface area (Å²) in [5.74, 6) is 2.30. The number of halogens is 1. The van der Waals surface area contributed by atoms with Crippen LogP contribution in [-0.2, 0) is 19.6 Å². The molecule has 0 heterocycles. The smallest absolute Gasteiger partial charge is 0.191 e. The molecule has 0 atom stereocenters. The lowest BCUT2D eigenvalue weighted by Crippen LogP contribution is -2.36. The first kappa shape index (κ1) is 24.0. The van der Waals surface area contributed by atoms with E-state index in [1.807, 2.05) is 18.2 Å². The van der Waals surface area contributed by atoms with E-state index < -0.39 is 0 Å². The number of ether oxygens (including phenoxy) is 2. The van der Waals surface area contributed by atoms with Gasteiger partial charge in [0.15, 0.2) is 5.96 Å². The van der Waals surface area contributed by atoms with Gasteiger partial charge in [0.2, 0.25) is 0 Å². The average Bonchev–Trinajstić information content (AvgIpc) is 2.68. The molecule has 7 heteroatoms. The molecule has 28 heavy (non-hydrogen) atoms. The second-order valence-electron chi connectivity index (χ2n) is 6.46. The Bertz CT molecular complexity index is 766. The van der Waals surface area contributed by atoms with Crippen LogP contribution in [0.5, 0.6) is 11.5 Å². The number of nitrogens with one attached hydrogen (secondary N) is 2. The van der Waals surface area contributed by atoms with Crippen molar-refractivity contribution < 1.29 is 9.47 Å². The molecule has 0 unspecified atom stereocenters. The highest BCUT2D eigenvalue weighted by molar-refractivity contribution is 14.0. The third kappa shape index (κ3) is 7.20. The fourth-order valence-corrected chi connectivity index (χ4v) is 2.80. The summed E-state index contributed by atoms with van der Waals surface area (Å²) in [6.07, 6.45) is 0. The first-order valence-electron chi connectivity index (χ1n) is 8.94. The lowest BCUT2D eigenvalue weighted by Gasteiger charge is -2.17. The van der Waals surface area contributed by atoms with Gasteiger partial charge in [0, 0.05) is 38.3 Å². The van der Waals surface area contributed by atoms with Crippen molar-refractivity contribution in [3.63, 3.8) is 0 Å². The highest BCUT2D eigenvalue weighted by Crippen LogP contribution is 2.24. The van der Waals surface area contributed by atoms with Gasteiger partial charge in [-0.2, -0.15) is 0 Å². The number of aliphatic imine (C=N–C) groups is 1. The topological polar surface area (TPSA) is 58.1 Å². The summed E-state index contributed by atoms with van der Waals surface area (Å²) in [7, 11) is 9.23. The number of methoxy groups -OCH3 is 2. The molecule has 0 bridgehead atoms. The molecule has 0 radical (unpaired) electrons. The minimum atomic E-state index is 0. The maximum atomic E-state index is 5.45. The van der Waals surface area contributed by atoms with Crippen molar-refractivity contribution >= 4 is 29.9 Å². The Hall–Kier alpha value is -2.00. The zero-order chi connectivity index (χ0) is 19.6. The number of nitrogens with zero attached hydrogens (tertiary/aromatic N) is 2. The zero-order valence-corrected chi connectivity index (χ0v) is 19.6. The molecule has 0 aliphatic carbocycles. The highest BCUT2D eigenvalue weighted by atomic mass is 127. The van der Waals surface area contributed by atoms with Gasteiger partial charge >= 0.3 is 0 Å². The third-order valence-corrected chi connectivity index (χ3v) is 4.22. The Morgan fingerprint density at radius 1 is 0.929 bits per heavy atom. The Morgan fingerprint density at radius 2 is 1.57 bits per heavy atom. The summed E-state index contributed by atoms with van der Waals surface area (Å²) in [4.78, 5) is 6.49. The molecule has 0 saturated carbocycles. The molecule has 0 fully saturated rings. The molecule has 0 aromatic heterocycles. The van der Waals surface area contributed by atoms with Gasteiger partial charge in [-0.05, 0) is 37.4 Å². The molecule has 2 rings (SSSR count). The second-order valence-corrected chi connectivity index (χ2v) is 6.46. The molecule has 0 spiro atoms. The fourth-order valence-electron chi connectivity index (χ4n) is 2.80. The maximum absolute atomic E-state index is 5.45. The van der Waals surface area contributed by atoms with Crippen molar-refractivity contribution in [2.24, 2.45) is 4.99 Å². The minimum absolute atomic E-state index is 0. The van der Waals surface area contributed by atoms with Gasteiger partial charge in [-0.15, -0.1) is 24.0 Å². The number of benzene rings is 2. The molecule has 0 saturated heterocycles. The average molecular weight is 498 g/mol. The van der Waals surface area contributed by atoms with Crippen molar-refractivity contribution in [3.05, 3.63) is 59.2 Å². The van der Waals surface area contributed by atoms with Crippen molar-refractivity contribution in [2.45, 2.75) is 19.6 Å². The van der Waals surface area contributed by atoms with E-state index >= 15 is 0 Å². The SMILES string of the molecule is CN=C(NCc1ccccc1CN(C)C)NCc1ccc(OC)cc1OC.I. The predicted octanol–water partition coefficient (Wildman–Crippen LogP) is 3.25. The van der Waals surface area contributed by atoms with Crippen molar-refractivity contribution in [1.29, 1.82) is 0 Å². The molecule has 2 aromatic rings. The monoisotopic (exact) mass is 498 g/mol. The van der Waals surface area contributed by atoms with E-state index in [4.69, 9.17) is 9.47 Å². The summed E-state index contributed by atoms with van der Waals surface area (Å²) < 4.78 is 10.7. The number of hydrogen-bond donors (Lipinski definition) is 2. The molecule has 2 aromatic carbocycles. The van der Waals surface area contributed by atoms with Crippen LogP contribution in [0, 0.1) is 0 Å². The number of hydrogen-bond acceptors (Lipinski definition) is 4.